The van der Waals surface area contributed by atoms with Gasteiger partial charge < -0.3 is 15.2 Å². The molecule has 0 saturated carbocycles. The van der Waals surface area contributed by atoms with Gasteiger partial charge in [0.25, 0.3) is 0 Å². The van der Waals surface area contributed by atoms with Crippen LogP contribution in [0.25, 0.3) is 17.2 Å². The van der Waals surface area contributed by atoms with Crippen LogP contribution < -0.4 is 10.5 Å². The highest BCUT2D eigenvalue weighted by Gasteiger charge is 2.29. The van der Waals surface area contributed by atoms with Crippen molar-refractivity contribution in [1.29, 1.82) is 10.5 Å². The quantitative estimate of drug-likeness (QED) is 0.631. The molecule has 0 unspecified atom stereocenters. The van der Waals surface area contributed by atoms with Gasteiger partial charge in [-0.15, -0.1) is 0 Å². The second-order valence-corrected chi connectivity index (χ2v) is 7.69. The van der Waals surface area contributed by atoms with Gasteiger partial charge >= 0.3 is 5.97 Å². The summed E-state index contributed by atoms with van der Waals surface area (Å²) >= 11 is 3.46. The molecule has 2 N–H and O–H groups in total. The van der Waals surface area contributed by atoms with Crippen LogP contribution in [0.15, 0.2) is 28.2 Å². The van der Waals surface area contributed by atoms with Gasteiger partial charge in [-0.05, 0) is 61.8 Å². The average Bonchev–Trinajstić information content (AvgIpc) is 2.98. The highest BCUT2D eigenvalue weighted by molar-refractivity contribution is 9.10. The number of rotatable bonds is 5. The van der Waals surface area contributed by atoms with Crippen molar-refractivity contribution in [3.8, 4) is 17.9 Å². The van der Waals surface area contributed by atoms with Crippen LogP contribution in [0.2, 0.25) is 0 Å². The van der Waals surface area contributed by atoms with Crippen molar-refractivity contribution in [1.82, 2.24) is 4.98 Å². The maximum atomic E-state index is 11.7. The monoisotopic (exact) mass is 478 g/mol. The van der Waals surface area contributed by atoms with E-state index in [0.717, 1.165) is 15.6 Å². The average molecular weight is 479 g/mol. The van der Waals surface area contributed by atoms with Gasteiger partial charge in [-0.2, -0.15) is 10.5 Å². The smallest absolute Gasteiger partial charge is 0.344 e. The largest absolute Gasteiger partial charge is 0.481 e. The van der Waals surface area contributed by atoms with Crippen LogP contribution in [-0.2, 0) is 9.53 Å². The van der Waals surface area contributed by atoms with Crippen molar-refractivity contribution >= 4 is 44.9 Å². The molecule has 0 aliphatic heterocycles. The topological polar surface area (TPSA) is 122 Å². The number of pyridine rings is 1. The van der Waals surface area contributed by atoms with Crippen LogP contribution in [0.1, 0.15) is 41.8 Å². The first kappa shape index (κ1) is 22.1. The standard InChI is InChI=1S/C23H19BrN4O3/c1-4-30-20(29)11-31-19-6-5-15(24)7-14(19)8-16-12(2)17(9-25)22-21(16)13(3)18(10-26)23(27)28-22/h5-8H,4,11H2,1-3H3,(H2,27,28)/b16-8-. The molecular weight excluding hydrogens is 460 g/mol. The summed E-state index contributed by atoms with van der Waals surface area (Å²) in [6.07, 6.45) is 1.86. The van der Waals surface area contributed by atoms with Gasteiger partial charge in [-0.3, -0.25) is 0 Å². The Kier molecular flexibility index (Phi) is 6.43. The van der Waals surface area contributed by atoms with Gasteiger partial charge in [-0.25, -0.2) is 9.78 Å². The number of carbonyl (C=O) groups excluding carboxylic acids is 1. The van der Waals surface area contributed by atoms with E-state index < -0.39 is 5.97 Å². The molecule has 0 fully saturated rings. The minimum absolute atomic E-state index is 0.0986. The number of nitriles is 2. The van der Waals surface area contributed by atoms with Crippen molar-refractivity contribution in [2.45, 2.75) is 20.8 Å². The first-order valence-electron chi connectivity index (χ1n) is 9.44. The number of halogens is 1. The number of nitrogens with zero attached hydrogens (tertiary/aromatic N) is 3. The Morgan fingerprint density at radius 2 is 2.03 bits per heavy atom. The molecule has 0 bridgehead atoms. The number of aromatic nitrogens is 1. The summed E-state index contributed by atoms with van der Waals surface area (Å²) < 4.78 is 11.4. The lowest BCUT2D eigenvalue weighted by Crippen LogP contribution is -2.14. The maximum Gasteiger partial charge on any atom is 0.344 e. The zero-order chi connectivity index (χ0) is 22.7. The number of nitrogen functional groups attached to an aromatic ring is 1. The minimum atomic E-state index is -0.466. The number of hydrogen-bond acceptors (Lipinski definition) is 7. The van der Waals surface area contributed by atoms with E-state index in [0.29, 0.717) is 33.7 Å². The summed E-state index contributed by atoms with van der Waals surface area (Å²) in [5, 5.41) is 19.2. The molecule has 7 nitrogen and oxygen atoms in total. The molecule has 0 saturated heterocycles. The number of allylic oxidation sites excluding steroid dienone is 3. The van der Waals surface area contributed by atoms with Crippen molar-refractivity contribution in [2.75, 3.05) is 18.9 Å². The number of esters is 1. The van der Waals surface area contributed by atoms with Crippen molar-refractivity contribution in [3.05, 3.63) is 56.2 Å². The second-order valence-electron chi connectivity index (χ2n) is 6.78. The molecule has 0 radical (unpaired) electrons. The molecular formula is C23H19BrN4O3. The Morgan fingerprint density at radius 3 is 2.68 bits per heavy atom. The van der Waals surface area contributed by atoms with E-state index in [1.807, 2.05) is 19.1 Å². The van der Waals surface area contributed by atoms with Crippen LogP contribution in [0.5, 0.6) is 5.75 Å². The number of nitrogens with two attached hydrogens (primary N) is 1. The molecule has 2 aromatic rings. The van der Waals surface area contributed by atoms with Gasteiger partial charge in [0.1, 0.15) is 23.7 Å². The van der Waals surface area contributed by atoms with Gasteiger partial charge in [0.05, 0.1) is 23.4 Å². The molecule has 0 spiro atoms. The van der Waals surface area contributed by atoms with E-state index in [1.165, 1.54) is 0 Å². The Balaban J connectivity index is 2.17. The van der Waals surface area contributed by atoms with Gasteiger partial charge in [0.2, 0.25) is 0 Å². The van der Waals surface area contributed by atoms with Crippen LogP contribution in [0.4, 0.5) is 5.82 Å². The third kappa shape index (κ3) is 4.16. The number of anilines is 1. The van der Waals surface area contributed by atoms with Crippen LogP contribution in [0.3, 0.4) is 0 Å². The van der Waals surface area contributed by atoms with Crippen molar-refractivity contribution in [3.63, 3.8) is 0 Å². The maximum absolute atomic E-state index is 11.7. The Bertz CT molecular complexity index is 1230. The first-order valence-corrected chi connectivity index (χ1v) is 10.2. The zero-order valence-corrected chi connectivity index (χ0v) is 18.8. The van der Waals surface area contributed by atoms with E-state index in [2.05, 4.69) is 33.1 Å². The Labute approximate surface area is 188 Å². The first-order chi connectivity index (χ1) is 14.8. The third-order valence-electron chi connectivity index (χ3n) is 4.91. The second kappa shape index (κ2) is 9.03. The molecule has 1 aliphatic rings. The summed E-state index contributed by atoms with van der Waals surface area (Å²) in [6.45, 7) is 5.39. The van der Waals surface area contributed by atoms with Gasteiger partial charge in [-0.1, -0.05) is 15.9 Å². The van der Waals surface area contributed by atoms with E-state index in [1.54, 1.807) is 26.0 Å². The molecule has 1 aromatic carbocycles. The summed E-state index contributed by atoms with van der Waals surface area (Å²) in [5.41, 5.74) is 10.6. The summed E-state index contributed by atoms with van der Waals surface area (Å²) in [4.78, 5) is 16.0. The Morgan fingerprint density at radius 1 is 1.29 bits per heavy atom. The minimum Gasteiger partial charge on any atom is -0.481 e. The highest BCUT2D eigenvalue weighted by Crippen LogP contribution is 2.44. The Hall–Kier alpha value is -3.62. The van der Waals surface area contributed by atoms with E-state index >= 15 is 0 Å². The predicted octanol–water partition coefficient (Wildman–Crippen LogP) is 4.40. The lowest BCUT2D eigenvalue weighted by atomic mass is 9.95. The number of hydrogen-bond donors (Lipinski definition) is 1. The number of ether oxygens (including phenoxy) is 2. The lowest BCUT2D eigenvalue weighted by molar-refractivity contribution is -0.145. The van der Waals surface area contributed by atoms with Crippen LogP contribution >= 0.6 is 15.9 Å². The molecule has 0 atom stereocenters. The van der Waals surface area contributed by atoms with Gasteiger partial charge in [0.15, 0.2) is 6.61 Å². The highest BCUT2D eigenvalue weighted by atomic mass is 79.9. The van der Waals surface area contributed by atoms with E-state index in [9.17, 15) is 15.3 Å². The number of carbonyl (C=O) groups is 1. The predicted molar refractivity (Wildman–Crippen MR) is 120 cm³/mol. The fraction of sp³-hybridized carbons (Fsp3) is 0.217. The number of benzene rings is 1. The lowest BCUT2D eigenvalue weighted by Gasteiger charge is -2.13. The molecule has 3 rings (SSSR count). The third-order valence-corrected chi connectivity index (χ3v) is 5.40. The molecule has 8 heteroatoms. The van der Waals surface area contributed by atoms with Crippen molar-refractivity contribution in [2.24, 2.45) is 0 Å². The fourth-order valence-electron chi connectivity index (χ4n) is 3.45. The molecule has 1 aliphatic carbocycles. The van der Waals surface area contributed by atoms with E-state index in [-0.39, 0.29) is 24.6 Å². The zero-order valence-electron chi connectivity index (χ0n) is 17.2. The summed E-state index contributed by atoms with van der Waals surface area (Å²) in [7, 11) is 0. The van der Waals surface area contributed by atoms with E-state index in [4.69, 9.17) is 15.2 Å². The normalized spacial score (nSPS) is 13.5. The van der Waals surface area contributed by atoms with Crippen molar-refractivity contribution < 1.29 is 14.3 Å². The number of fused-ring (bicyclic) bond motifs is 1. The van der Waals surface area contributed by atoms with Gasteiger partial charge in [0, 0.05) is 15.6 Å². The SMILES string of the molecule is CCOC(=O)COc1ccc(Br)cc1/C=C1/C(C)=C(C#N)c2nc(N)c(C#N)c(C)c21. The fourth-order valence-corrected chi connectivity index (χ4v) is 3.83. The molecule has 156 valence electrons. The molecule has 31 heavy (non-hydrogen) atoms. The molecule has 1 aromatic heterocycles. The molecule has 1 heterocycles. The van der Waals surface area contributed by atoms with Crippen LogP contribution in [-0.4, -0.2) is 24.2 Å². The summed E-state index contributed by atoms with van der Waals surface area (Å²) in [5.74, 6) is 0.110. The van der Waals surface area contributed by atoms with Crippen LogP contribution in [0, 0.1) is 29.6 Å². The summed E-state index contributed by atoms with van der Waals surface area (Å²) in [6, 6.07) is 9.67. The molecule has 0 amide bonds.